The van der Waals surface area contributed by atoms with E-state index in [9.17, 15) is 4.79 Å². The quantitative estimate of drug-likeness (QED) is 0.421. The van der Waals surface area contributed by atoms with Crippen LogP contribution in [0.3, 0.4) is 0 Å². The average Bonchev–Trinajstić information content (AvgIpc) is 2.49. The third kappa shape index (κ3) is 2.89. The van der Waals surface area contributed by atoms with Gasteiger partial charge in [-0.15, -0.1) is 0 Å². The number of carbonyl (C=O) groups is 1. The van der Waals surface area contributed by atoms with Crippen LogP contribution in [0.5, 0.6) is 11.5 Å². The molecule has 0 saturated carbocycles. The minimum absolute atomic E-state index is 0.252. The van der Waals surface area contributed by atoms with Gasteiger partial charge in [-0.1, -0.05) is 0 Å². The molecule has 112 valence electrons. The molecule has 1 heterocycles. The summed E-state index contributed by atoms with van der Waals surface area (Å²) < 4.78 is 12.5. The number of aromatic amines is 1. The lowest BCUT2D eigenvalue weighted by Crippen LogP contribution is -2.28. The number of H-pyrrole nitrogens is 1. The molecule has 0 atom stereocenters. The van der Waals surface area contributed by atoms with Crippen LogP contribution >= 0.6 is 12.2 Å². The lowest BCUT2D eigenvalue weighted by molar-refractivity contribution is -0.109. The van der Waals surface area contributed by atoms with Crippen LogP contribution < -0.4 is 20.3 Å². The minimum Gasteiger partial charge on any atom is -0.493 e. The van der Waals surface area contributed by atoms with E-state index in [-0.39, 0.29) is 5.49 Å². The molecule has 1 aromatic heterocycles. The van der Waals surface area contributed by atoms with Crippen LogP contribution in [0.4, 0.5) is 0 Å². The van der Waals surface area contributed by atoms with Crippen molar-refractivity contribution < 1.29 is 14.3 Å². The van der Waals surface area contributed by atoms with Crippen molar-refractivity contribution in [3.8, 4) is 11.5 Å². The first kappa shape index (κ1) is 15.0. The van der Waals surface area contributed by atoms with Crippen molar-refractivity contribution in [3.63, 3.8) is 0 Å². The van der Waals surface area contributed by atoms with Gasteiger partial charge >= 0.3 is 0 Å². The highest BCUT2D eigenvalue weighted by Crippen LogP contribution is 2.29. The summed E-state index contributed by atoms with van der Waals surface area (Å²) in [6.45, 7) is 0.813. The third-order valence-corrected chi connectivity index (χ3v) is 3.42. The van der Waals surface area contributed by atoms with Gasteiger partial charge in [0.25, 0.3) is 0 Å². The minimum atomic E-state index is 0.252. The van der Waals surface area contributed by atoms with Crippen LogP contribution in [0.2, 0.25) is 0 Å². The zero-order valence-electron chi connectivity index (χ0n) is 11.7. The zero-order chi connectivity index (χ0) is 15.4. The van der Waals surface area contributed by atoms with Crippen LogP contribution in [0.25, 0.3) is 10.9 Å². The van der Waals surface area contributed by atoms with Gasteiger partial charge in [0, 0.05) is 24.5 Å². The predicted octanol–water partition coefficient (Wildman–Crippen LogP) is 0.942. The molecular weight excluding hydrogens is 292 g/mol. The Hall–Kier alpha value is -2.35. The standard InChI is InChI=1S/C13H16N4O3S/c1-19-10-5-8-9(6-11(10)20-2)16-13(21)17(12(8)14)4-3-15-7-18/h5-7,14H,3-4H2,1-2H3,(H,15,18)(H,16,21). The normalized spacial score (nSPS) is 10.4. The van der Waals surface area contributed by atoms with E-state index in [1.54, 1.807) is 30.9 Å². The number of nitrogens with one attached hydrogen (secondary N) is 3. The smallest absolute Gasteiger partial charge is 0.207 e. The maximum atomic E-state index is 10.3. The van der Waals surface area contributed by atoms with Gasteiger partial charge < -0.3 is 24.3 Å². The van der Waals surface area contributed by atoms with Gasteiger partial charge in [0.15, 0.2) is 16.3 Å². The maximum absolute atomic E-state index is 10.3. The number of ether oxygens (including phenoxy) is 2. The summed E-state index contributed by atoms with van der Waals surface area (Å²) in [5, 5.41) is 11.5. The topological polar surface area (TPSA) is 92.1 Å². The highest BCUT2D eigenvalue weighted by atomic mass is 32.1. The zero-order valence-corrected chi connectivity index (χ0v) is 12.5. The lowest BCUT2D eigenvalue weighted by atomic mass is 10.2. The summed E-state index contributed by atoms with van der Waals surface area (Å²) in [7, 11) is 3.09. The number of hydrogen-bond donors (Lipinski definition) is 3. The number of nitrogens with zero attached hydrogens (tertiary/aromatic N) is 1. The van der Waals surface area contributed by atoms with Gasteiger partial charge in [0.2, 0.25) is 6.41 Å². The van der Waals surface area contributed by atoms with Crippen LogP contribution in [0, 0.1) is 10.2 Å². The summed E-state index contributed by atoms with van der Waals surface area (Å²) in [5.41, 5.74) is 0.949. The average molecular weight is 308 g/mol. The Balaban J connectivity index is 2.62. The molecule has 8 heteroatoms. The molecule has 1 amide bonds. The van der Waals surface area contributed by atoms with Crippen molar-refractivity contribution in [1.29, 1.82) is 5.41 Å². The van der Waals surface area contributed by atoms with Crippen molar-refractivity contribution in [2.24, 2.45) is 0 Å². The molecule has 21 heavy (non-hydrogen) atoms. The van der Waals surface area contributed by atoms with Gasteiger partial charge in [0.05, 0.1) is 19.7 Å². The van der Waals surface area contributed by atoms with E-state index in [1.807, 2.05) is 0 Å². The molecule has 0 bridgehead atoms. The lowest BCUT2D eigenvalue weighted by Gasteiger charge is -2.12. The van der Waals surface area contributed by atoms with E-state index in [0.717, 1.165) is 0 Å². The summed E-state index contributed by atoms with van der Waals surface area (Å²) in [4.78, 5) is 13.4. The molecule has 7 nitrogen and oxygen atoms in total. The molecule has 0 aliphatic rings. The number of aromatic nitrogens is 2. The molecule has 0 spiro atoms. The van der Waals surface area contributed by atoms with Gasteiger partial charge in [-0.05, 0) is 18.3 Å². The van der Waals surface area contributed by atoms with Crippen LogP contribution in [0.1, 0.15) is 0 Å². The number of hydrogen-bond acceptors (Lipinski definition) is 5. The number of carbonyl (C=O) groups excluding carboxylic acids is 1. The second-order valence-electron chi connectivity index (χ2n) is 4.26. The second kappa shape index (κ2) is 6.40. The second-order valence-corrected chi connectivity index (χ2v) is 4.64. The largest absolute Gasteiger partial charge is 0.493 e. The fraction of sp³-hybridized carbons (Fsp3) is 0.308. The molecule has 2 rings (SSSR count). The predicted molar refractivity (Wildman–Crippen MR) is 80.1 cm³/mol. The Morgan fingerprint density at radius 2 is 2.05 bits per heavy atom. The van der Waals surface area contributed by atoms with E-state index in [2.05, 4.69) is 10.3 Å². The molecule has 3 N–H and O–H groups in total. The van der Waals surface area contributed by atoms with Crippen molar-refractivity contribution >= 4 is 29.5 Å². The third-order valence-electron chi connectivity index (χ3n) is 3.10. The van der Waals surface area contributed by atoms with Crippen molar-refractivity contribution in [3.05, 3.63) is 22.4 Å². The van der Waals surface area contributed by atoms with Crippen molar-refractivity contribution in [2.45, 2.75) is 6.54 Å². The molecule has 1 aromatic carbocycles. The number of benzene rings is 1. The number of amides is 1. The fourth-order valence-corrected chi connectivity index (χ4v) is 2.35. The first-order valence-electron chi connectivity index (χ1n) is 6.22. The molecule has 0 fully saturated rings. The molecule has 0 aliphatic carbocycles. The SMILES string of the molecule is COc1cc2[nH]c(=S)n(CCNC=O)c(=N)c2cc1OC. The van der Waals surface area contributed by atoms with Crippen LogP contribution in [-0.2, 0) is 11.3 Å². The van der Waals surface area contributed by atoms with Crippen molar-refractivity contribution in [2.75, 3.05) is 20.8 Å². The fourth-order valence-electron chi connectivity index (χ4n) is 2.06. The van der Waals surface area contributed by atoms with Gasteiger partial charge in [-0.3, -0.25) is 10.2 Å². The van der Waals surface area contributed by atoms with Gasteiger partial charge in [-0.2, -0.15) is 0 Å². The Kier molecular flexibility index (Phi) is 4.59. The van der Waals surface area contributed by atoms with E-state index in [0.29, 0.717) is 46.7 Å². The van der Waals surface area contributed by atoms with E-state index in [4.69, 9.17) is 27.1 Å². The summed E-state index contributed by atoms with van der Waals surface area (Å²) >= 11 is 5.26. The number of methoxy groups -OCH3 is 2. The van der Waals surface area contributed by atoms with Gasteiger partial charge in [0.1, 0.15) is 5.49 Å². The molecule has 2 aromatic rings. The summed E-state index contributed by atoms with van der Waals surface area (Å²) in [6, 6.07) is 3.47. The number of rotatable bonds is 6. The summed E-state index contributed by atoms with van der Waals surface area (Å²) in [5.74, 6) is 1.11. The first-order chi connectivity index (χ1) is 10.1. The Bertz CT molecular complexity index is 781. The highest BCUT2D eigenvalue weighted by Gasteiger charge is 2.09. The molecular formula is C13H16N4O3S. The molecule has 0 unspecified atom stereocenters. The number of fused-ring (bicyclic) bond motifs is 1. The summed E-state index contributed by atoms with van der Waals surface area (Å²) in [6.07, 6.45) is 0.617. The van der Waals surface area contributed by atoms with E-state index in [1.165, 1.54) is 0 Å². The van der Waals surface area contributed by atoms with Gasteiger partial charge in [-0.25, -0.2) is 0 Å². The monoisotopic (exact) mass is 308 g/mol. The van der Waals surface area contributed by atoms with E-state index < -0.39 is 0 Å². The van der Waals surface area contributed by atoms with Crippen LogP contribution in [0.15, 0.2) is 12.1 Å². The van der Waals surface area contributed by atoms with Crippen LogP contribution in [-0.4, -0.2) is 36.7 Å². The Morgan fingerprint density at radius 3 is 2.67 bits per heavy atom. The van der Waals surface area contributed by atoms with E-state index >= 15 is 0 Å². The Morgan fingerprint density at radius 1 is 1.38 bits per heavy atom. The first-order valence-corrected chi connectivity index (χ1v) is 6.63. The highest BCUT2D eigenvalue weighted by molar-refractivity contribution is 7.71. The Labute approximate surface area is 126 Å². The maximum Gasteiger partial charge on any atom is 0.207 e. The molecule has 0 aliphatic heterocycles. The van der Waals surface area contributed by atoms with Crippen molar-refractivity contribution in [1.82, 2.24) is 14.9 Å². The molecule has 0 saturated heterocycles. The molecule has 0 radical (unpaired) electrons.